The Bertz CT molecular complexity index is 2180. The molecule has 0 fully saturated rings. The van der Waals surface area contributed by atoms with Gasteiger partial charge in [-0.2, -0.15) is 0 Å². The van der Waals surface area contributed by atoms with E-state index >= 15 is 0 Å². The predicted molar refractivity (Wildman–Crippen MR) is 177 cm³/mol. The third kappa shape index (κ3) is 4.13. The highest BCUT2D eigenvalue weighted by Gasteiger charge is 2.20. The maximum Gasteiger partial charge on any atom is 0.159 e. The number of nitrogens with zero attached hydrogens (tertiary/aromatic N) is 1. The van der Waals surface area contributed by atoms with Crippen LogP contribution in [0.5, 0.6) is 0 Å². The molecule has 0 amide bonds. The van der Waals surface area contributed by atoms with E-state index in [-0.39, 0.29) is 0 Å². The predicted octanol–water partition coefficient (Wildman–Crippen LogP) is 11.5. The van der Waals surface area contributed by atoms with Crippen molar-refractivity contribution in [2.24, 2.45) is 0 Å². The van der Waals surface area contributed by atoms with Crippen LogP contribution in [0.4, 0.5) is 17.1 Å². The summed E-state index contributed by atoms with van der Waals surface area (Å²) in [7, 11) is 0. The van der Waals surface area contributed by atoms with Gasteiger partial charge in [0.15, 0.2) is 5.58 Å². The maximum atomic E-state index is 6.73. The molecule has 8 rings (SSSR count). The number of anilines is 3. The Balaban J connectivity index is 1.26. The summed E-state index contributed by atoms with van der Waals surface area (Å²) in [5, 5.41) is 4.55. The molecule has 0 saturated carbocycles. The van der Waals surface area contributed by atoms with Crippen LogP contribution in [0.25, 0.3) is 55.0 Å². The van der Waals surface area contributed by atoms with Crippen molar-refractivity contribution in [1.82, 2.24) is 0 Å². The maximum absolute atomic E-state index is 6.73. The van der Waals surface area contributed by atoms with Gasteiger partial charge in [-0.3, -0.25) is 0 Å². The van der Waals surface area contributed by atoms with Gasteiger partial charge >= 0.3 is 0 Å². The normalized spacial score (nSPS) is 11.3. The lowest BCUT2D eigenvalue weighted by atomic mass is 9.99. The van der Waals surface area contributed by atoms with Crippen LogP contribution in [0.1, 0.15) is 0 Å². The molecule has 0 N–H and O–H groups in total. The van der Waals surface area contributed by atoms with Crippen molar-refractivity contribution in [3.8, 4) is 22.3 Å². The molecule has 2 heteroatoms. The molecular weight excluding hydrogens is 510 g/mol. The Morgan fingerprint density at radius 2 is 0.929 bits per heavy atom. The standard InChI is InChI=1S/C40H27NO/c1-3-11-28(12-4-1)31-14-9-15-32(27-31)29-21-24-34(25-22-29)41(33-16-5-2-6-17-33)38-20-10-19-36-37-26-23-30-13-7-8-18-35(30)39(37)42-40(36)38/h1-27H. The first kappa shape index (κ1) is 24.2. The van der Waals surface area contributed by atoms with Crippen LogP contribution in [0.15, 0.2) is 168 Å². The first-order valence-corrected chi connectivity index (χ1v) is 14.3. The number of hydrogen-bond donors (Lipinski definition) is 0. The molecule has 0 aliphatic heterocycles. The van der Waals surface area contributed by atoms with E-state index in [9.17, 15) is 0 Å². The minimum absolute atomic E-state index is 0.882. The smallest absolute Gasteiger partial charge is 0.159 e. The van der Waals surface area contributed by atoms with E-state index in [1.807, 2.05) is 0 Å². The number of fused-ring (bicyclic) bond motifs is 5. The van der Waals surface area contributed by atoms with Gasteiger partial charge in [-0.15, -0.1) is 0 Å². The summed E-state index contributed by atoms with van der Waals surface area (Å²) in [5.41, 5.74) is 9.78. The van der Waals surface area contributed by atoms with Gasteiger partial charge in [-0.25, -0.2) is 0 Å². The molecule has 0 spiro atoms. The lowest BCUT2D eigenvalue weighted by Gasteiger charge is -2.25. The molecule has 1 heterocycles. The third-order valence-electron chi connectivity index (χ3n) is 8.05. The lowest BCUT2D eigenvalue weighted by molar-refractivity contribution is 0.673. The molecule has 7 aromatic carbocycles. The number of hydrogen-bond acceptors (Lipinski definition) is 2. The number of benzene rings is 7. The summed E-state index contributed by atoms with van der Waals surface area (Å²) in [5.74, 6) is 0. The monoisotopic (exact) mass is 537 g/mol. The fourth-order valence-corrected chi connectivity index (χ4v) is 6.00. The van der Waals surface area contributed by atoms with Gasteiger partial charge in [-0.1, -0.05) is 121 Å². The zero-order valence-corrected chi connectivity index (χ0v) is 22.9. The summed E-state index contributed by atoms with van der Waals surface area (Å²) in [6.45, 7) is 0. The summed E-state index contributed by atoms with van der Waals surface area (Å²) < 4.78 is 6.73. The Morgan fingerprint density at radius 3 is 1.71 bits per heavy atom. The molecule has 2 nitrogen and oxygen atoms in total. The van der Waals surface area contributed by atoms with E-state index in [0.29, 0.717) is 0 Å². The molecule has 8 aromatic rings. The van der Waals surface area contributed by atoms with Crippen molar-refractivity contribution >= 4 is 49.8 Å². The van der Waals surface area contributed by atoms with Crippen molar-refractivity contribution in [2.75, 3.05) is 4.90 Å². The van der Waals surface area contributed by atoms with Crippen LogP contribution in [0, 0.1) is 0 Å². The fraction of sp³-hybridized carbons (Fsp3) is 0. The zero-order chi connectivity index (χ0) is 27.9. The zero-order valence-electron chi connectivity index (χ0n) is 22.9. The van der Waals surface area contributed by atoms with E-state index in [4.69, 9.17) is 4.42 Å². The second kappa shape index (κ2) is 10.1. The van der Waals surface area contributed by atoms with Gasteiger partial charge in [0.25, 0.3) is 0 Å². The lowest BCUT2D eigenvalue weighted by Crippen LogP contribution is -2.10. The van der Waals surface area contributed by atoms with E-state index in [1.54, 1.807) is 0 Å². The highest BCUT2D eigenvalue weighted by atomic mass is 16.3. The first-order valence-electron chi connectivity index (χ1n) is 14.3. The largest absolute Gasteiger partial charge is 0.453 e. The fourth-order valence-electron chi connectivity index (χ4n) is 6.00. The molecule has 0 atom stereocenters. The topological polar surface area (TPSA) is 16.4 Å². The summed E-state index contributed by atoms with van der Waals surface area (Å²) in [6, 6.07) is 57.8. The van der Waals surface area contributed by atoms with Crippen molar-refractivity contribution in [2.45, 2.75) is 0 Å². The molecule has 1 aromatic heterocycles. The molecule has 0 saturated heterocycles. The van der Waals surface area contributed by atoms with Gasteiger partial charge < -0.3 is 9.32 Å². The quantitative estimate of drug-likeness (QED) is 0.217. The summed E-state index contributed by atoms with van der Waals surface area (Å²) in [4.78, 5) is 2.29. The molecule has 0 bridgehead atoms. The molecule has 0 aliphatic rings. The first-order chi connectivity index (χ1) is 20.8. The van der Waals surface area contributed by atoms with Gasteiger partial charge in [0.1, 0.15) is 5.58 Å². The van der Waals surface area contributed by atoms with Crippen molar-refractivity contribution < 1.29 is 4.42 Å². The Kier molecular flexibility index (Phi) is 5.82. The molecule has 0 unspecified atom stereocenters. The van der Waals surface area contributed by atoms with E-state index in [1.165, 1.54) is 27.6 Å². The Labute approximate surface area is 244 Å². The summed E-state index contributed by atoms with van der Waals surface area (Å²) in [6.07, 6.45) is 0. The molecule has 42 heavy (non-hydrogen) atoms. The van der Waals surface area contributed by atoms with Crippen LogP contribution in [0.3, 0.4) is 0 Å². The SMILES string of the molecule is c1ccc(-c2cccc(-c3ccc(N(c4ccccc4)c4cccc5c4oc4c6ccccc6ccc54)cc3)c2)cc1. The Morgan fingerprint density at radius 1 is 0.357 bits per heavy atom. The van der Waals surface area contributed by atoms with Crippen molar-refractivity contribution in [3.05, 3.63) is 164 Å². The minimum Gasteiger partial charge on any atom is -0.453 e. The average Bonchev–Trinajstić information content (AvgIpc) is 3.46. The highest BCUT2D eigenvalue weighted by molar-refractivity contribution is 6.17. The average molecular weight is 538 g/mol. The number of furan rings is 1. The second-order valence-electron chi connectivity index (χ2n) is 10.6. The molecular formula is C40H27NO. The van der Waals surface area contributed by atoms with Gasteiger partial charge in [0.05, 0.1) is 5.69 Å². The van der Waals surface area contributed by atoms with Crippen molar-refractivity contribution in [1.29, 1.82) is 0 Å². The van der Waals surface area contributed by atoms with Crippen LogP contribution in [-0.4, -0.2) is 0 Å². The molecule has 0 radical (unpaired) electrons. The number of rotatable bonds is 5. The van der Waals surface area contributed by atoms with Gasteiger partial charge in [0, 0.05) is 27.5 Å². The van der Waals surface area contributed by atoms with Crippen LogP contribution in [-0.2, 0) is 0 Å². The molecule has 198 valence electrons. The second-order valence-corrected chi connectivity index (χ2v) is 10.6. The van der Waals surface area contributed by atoms with Crippen LogP contribution >= 0.6 is 0 Å². The van der Waals surface area contributed by atoms with E-state index in [2.05, 4.69) is 169 Å². The molecule has 0 aliphatic carbocycles. The van der Waals surface area contributed by atoms with Crippen molar-refractivity contribution in [3.63, 3.8) is 0 Å². The minimum atomic E-state index is 0.882. The van der Waals surface area contributed by atoms with Crippen LogP contribution in [0.2, 0.25) is 0 Å². The highest BCUT2D eigenvalue weighted by Crippen LogP contribution is 2.43. The van der Waals surface area contributed by atoms with Crippen LogP contribution < -0.4 is 4.90 Å². The van der Waals surface area contributed by atoms with Gasteiger partial charge in [-0.05, 0) is 70.1 Å². The third-order valence-corrected chi connectivity index (χ3v) is 8.05. The van der Waals surface area contributed by atoms with Gasteiger partial charge in [0.2, 0.25) is 0 Å². The van der Waals surface area contributed by atoms with E-state index in [0.717, 1.165) is 44.4 Å². The number of para-hydroxylation sites is 2. The van der Waals surface area contributed by atoms with E-state index < -0.39 is 0 Å². The summed E-state index contributed by atoms with van der Waals surface area (Å²) >= 11 is 0. The Hall–Kier alpha value is -5.60.